The summed E-state index contributed by atoms with van der Waals surface area (Å²) in [6.45, 7) is 3.47. The van der Waals surface area contributed by atoms with E-state index in [9.17, 15) is 4.79 Å². The number of fused-ring (bicyclic) bond motifs is 1. The molecule has 1 heterocycles. The summed E-state index contributed by atoms with van der Waals surface area (Å²) in [5, 5.41) is 0. The molecule has 0 aliphatic carbocycles. The highest BCUT2D eigenvalue weighted by Gasteiger charge is 2.24. The first-order valence-electron chi connectivity index (χ1n) is 6.04. The number of anilines is 2. The minimum atomic E-state index is 0.0547. The Hall–Kier alpha value is -1.71. The first-order valence-corrected chi connectivity index (χ1v) is 6.04. The van der Waals surface area contributed by atoms with Gasteiger partial charge in [0, 0.05) is 25.8 Å². The van der Waals surface area contributed by atoms with Gasteiger partial charge in [-0.25, -0.2) is 4.79 Å². The van der Waals surface area contributed by atoms with E-state index in [1.54, 1.807) is 4.90 Å². The van der Waals surface area contributed by atoms with Crippen LogP contribution >= 0.6 is 0 Å². The van der Waals surface area contributed by atoms with E-state index in [2.05, 4.69) is 0 Å². The van der Waals surface area contributed by atoms with E-state index in [1.165, 1.54) is 5.56 Å². The molecule has 4 heteroatoms. The van der Waals surface area contributed by atoms with Crippen LogP contribution in [0.25, 0.3) is 0 Å². The molecule has 4 nitrogen and oxygen atoms in total. The Bertz CT molecular complexity index is 431. The maximum Gasteiger partial charge on any atom is 0.324 e. The van der Waals surface area contributed by atoms with Gasteiger partial charge in [-0.1, -0.05) is 6.07 Å². The van der Waals surface area contributed by atoms with Gasteiger partial charge in [0.05, 0.1) is 5.69 Å². The summed E-state index contributed by atoms with van der Waals surface area (Å²) in [5.41, 5.74) is 8.70. The van der Waals surface area contributed by atoms with Crippen LogP contribution in [0.1, 0.15) is 18.9 Å². The van der Waals surface area contributed by atoms with Crippen molar-refractivity contribution in [2.24, 2.45) is 0 Å². The van der Waals surface area contributed by atoms with Gasteiger partial charge in [0.1, 0.15) is 0 Å². The normalized spacial score (nSPS) is 14.4. The molecule has 2 N–H and O–H groups in total. The Morgan fingerprint density at radius 1 is 1.53 bits per heavy atom. The number of rotatable bonds is 1. The number of aryl methyl sites for hydroxylation is 1. The zero-order valence-electron chi connectivity index (χ0n) is 10.4. The molecule has 17 heavy (non-hydrogen) atoms. The Kier molecular flexibility index (Phi) is 3.22. The monoisotopic (exact) mass is 233 g/mol. The number of hydrogen-bond acceptors (Lipinski definition) is 2. The smallest absolute Gasteiger partial charge is 0.324 e. The summed E-state index contributed by atoms with van der Waals surface area (Å²) in [6, 6.07) is 5.88. The molecule has 0 radical (unpaired) electrons. The number of carbonyl (C=O) groups is 1. The zero-order chi connectivity index (χ0) is 12.4. The molecule has 1 aliphatic rings. The van der Waals surface area contributed by atoms with Crippen molar-refractivity contribution < 1.29 is 4.79 Å². The Labute approximate surface area is 102 Å². The molecule has 2 rings (SSSR count). The number of nitrogens with two attached hydrogens (primary N) is 1. The fraction of sp³-hybridized carbons (Fsp3) is 0.462. The molecule has 2 amide bonds. The van der Waals surface area contributed by atoms with Crippen LogP contribution in [0, 0.1) is 0 Å². The molecule has 0 bridgehead atoms. The highest BCUT2D eigenvalue weighted by molar-refractivity contribution is 5.93. The predicted octanol–water partition coefficient (Wildman–Crippen LogP) is 2.09. The lowest BCUT2D eigenvalue weighted by Gasteiger charge is -2.32. The number of carbonyl (C=O) groups excluding carboxylic acids is 1. The van der Waals surface area contributed by atoms with Crippen LogP contribution < -0.4 is 10.6 Å². The van der Waals surface area contributed by atoms with Gasteiger partial charge >= 0.3 is 6.03 Å². The summed E-state index contributed by atoms with van der Waals surface area (Å²) in [5.74, 6) is 0. The number of amides is 2. The summed E-state index contributed by atoms with van der Waals surface area (Å²) in [7, 11) is 1.82. The van der Waals surface area contributed by atoms with Gasteiger partial charge in [-0.2, -0.15) is 0 Å². The third-order valence-corrected chi connectivity index (χ3v) is 3.26. The average molecular weight is 233 g/mol. The third-order valence-electron chi connectivity index (χ3n) is 3.26. The van der Waals surface area contributed by atoms with Crippen molar-refractivity contribution in [1.82, 2.24) is 4.90 Å². The van der Waals surface area contributed by atoms with Gasteiger partial charge < -0.3 is 10.6 Å². The van der Waals surface area contributed by atoms with Gasteiger partial charge in [0.15, 0.2) is 0 Å². The molecule has 0 atom stereocenters. The number of benzene rings is 1. The van der Waals surface area contributed by atoms with Gasteiger partial charge in [-0.15, -0.1) is 0 Å². The predicted molar refractivity (Wildman–Crippen MR) is 70.2 cm³/mol. The highest BCUT2D eigenvalue weighted by Crippen LogP contribution is 2.29. The Balaban J connectivity index is 2.34. The minimum absolute atomic E-state index is 0.0547. The number of nitrogen functional groups attached to an aromatic ring is 1. The Morgan fingerprint density at radius 2 is 2.29 bits per heavy atom. The quantitative estimate of drug-likeness (QED) is 0.755. The van der Waals surface area contributed by atoms with Crippen molar-refractivity contribution in [3.05, 3.63) is 23.8 Å². The van der Waals surface area contributed by atoms with Crippen LogP contribution in [0.5, 0.6) is 0 Å². The molecule has 0 fully saturated rings. The number of urea groups is 1. The van der Waals surface area contributed by atoms with Crippen molar-refractivity contribution in [1.29, 1.82) is 0 Å². The lowest BCUT2D eigenvalue weighted by atomic mass is 10.0. The van der Waals surface area contributed by atoms with E-state index in [1.807, 2.05) is 37.1 Å². The molecule has 0 spiro atoms. The number of hydrogen-bond donors (Lipinski definition) is 1. The molecule has 0 unspecified atom stereocenters. The maximum absolute atomic E-state index is 12.2. The van der Waals surface area contributed by atoms with Crippen LogP contribution in [0.15, 0.2) is 18.2 Å². The van der Waals surface area contributed by atoms with Gasteiger partial charge in [0.2, 0.25) is 0 Å². The van der Waals surface area contributed by atoms with Crippen molar-refractivity contribution in [3.63, 3.8) is 0 Å². The van der Waals surface area contributed by atoms with Crippen LogP contribution in [-0.2, 0) is 6.42 Å². The van der Waals surface area contributed by atoms with Crippen LogP contribution in [0.2, 0.25) is 0 Å². The SMILES string of the molecule is CCN(C)C(=O)N1CCCc2ccc(N)cc21. The maximum atomic E-state index is 12.2. The molecule has 0 saturated carbocycles. The molecule has 92 valence electrons. The third kappa shape index (κ3) is 2.20. The topological polar surface area (TPSA) is 49.6 Å². The molecule has 1 aliphatic heterocycles. The number of nitrogens with zero attached hydrogens (tertiary/aromatic N) is 2. The van der Waals surface area contributed by atoms with E-state index in [0.29, 0.717) is 12.2 Å². The van der Waals surface area contributed by atoms with E-state index in [0.717, 1.165) is 25.1 Å². The fourth-order valence-corrected chi connectivity index (χ4v) is 2.13. The van der Waals surface area contributed by atoms with Crippen LogP contribution in [-0.4, -0.2) is 31.1 Å². The molecule has 0 saturated heterocycles. The van der Waals surface area contributed by atoms with Crippen LogP contribution in [0.4, 0.5) is 16.2 Å². The van der Waals surface area contributed by atoms with Crippen LogP contribution in [0.3, 0.4) is 0 Å². The van der Waals surface area contributed by atoms with E-state index in [-0.39, 0.29) is 6.03 Å². The average Bonchev–Trinajstić information content (AvgIpc) is 2.36. The highest BCUT2D eigenvalue weighted by atomic mass is 16.2. The van der Waals surface area contributed by atoms with E-state index >= 15 is 0 Å². The first kappa shape index (κ1) is 11.8. The second-order valence-electron chi connectivity index (χ2n) is 4.44. The van der Waals surface area contributed by atoms with Gasteiger partial charge in [-0.3, -0.25) is 4.90 Å². The van der Waals surface area contributed by atoms with Crippen molar-refractivity contribution in [2.75, 3.05) is 30.8 Å². The van der Waals surface area contributed by atoms with Gasteiger partial charge in [0.25, 0.3) is 0 Å². The van der Waals surface area contributed by atoms with Gasteiger partial charge in [-0.05, 0) is 37.5 Å². The standard InChI is InChI=1S/C13H19N3O/c1-3-15(2)13(17)16-8-4-5-10-6-7-11(14)9-12(10)16/h6-7,9H,3-5,8,14H2,1-2H3. The van der Waals surface area contributed by atoms with Crippen molar-refractivity contribution >= 4 is 17.4 Å². The molecule has 0 aromatic heterocycles. The lowest BCUT2D eigenvalue weighted by Crippen LogP contribution is -2.43. The summed E-state index contributed by atoms with van der Waals surface area (Å²) >= 11 is 0. The summed E-state index contributed by atoms with van der Waals surface area (Å²) < 4.78 is 0. The summed E-state index contributed by atoms with van der Waals surface area (Å²) in [6.07, 6.45) is 2.04. The van der Waals surface area contributed by atoms with E-state index in [4.69, 9.17) is 5.73 Å². The zero-order valence-corrected chi connectivity index (χ0v) is 10.4. The summed E-state index contributed by atoms with van der Waals surface area (Å²) in [4.78, 5) is 15.8. The molecule has 1 aromatic rings. The molecule has 1 aromatic carbocycles. The van der Waals surface area contributed by atoms with E-state index < -0.39 is 0 Å². The lowest BCUT2D eigenvalue weighted by molar-refractivity contribution is 0.217. The minimum Gasteiger partial charge on any atom is -0.399 e. The fourth-order valence-electron chi connectivity index (χ4n) is 2.13. The van der Waals surface area contributed by atoms with Crippen molar-refractivity contribution in [2.45, 2.75) is 19.8 Å². The largest absolute Gasteiger partial charge is 0.399 e. The first-order chi connectivity index (χ1) is 8.13. The second-order valence-corrected chi connectivity index (χ2v) is 4.44. The Morgan fingerprint density at radius 3 is 3.00 bits per heavy atom. The molecular formula is C13H19N3O. The van der Waals surface area contributed by atoms with Crippen molar-refractivity contribution in [3.8, 4) is 0 Å². The molecular weight excluding hydrogens is 214 g/mol. The second kappa shape index (κ2) is 4.65.